The Morgan fingerprint density at radius 3 is 2.90 bits per heavy atom. The molecule has 0 bridgehead atoms. The zero-order valence-electron chi connectivity index (χ0n) is 17.0. The Kier molecular flexibility index (Phi) is 4.68. The second kappa shape index (κ2) is 7.48. The summed E-state index contributed by atoms with van der Waals surface area (Å²) in [5.74, 6) is 1.48. The van der Waals surface area contributed by atoms with Crippen molar-refractivity contribution >= 4 is 10.9 Å². The topological polar surface area (TPSA) is 58.0 Å². The lowest BCUT2D eigenvalue weighted by Gasteiger charge is -2.15. The maximum Gasteiger partial charge on any atom is 0.143 e. The van der Waals surface area contributed by atoms with Crippen LogP contribution in [-0.2, 0) is 13.0 Å². The van der Waals surface area contributed by atoms with Gasteiger partial charge in [-0.25, -0.2) is 0 Å². The minimum atomic E-state index is 0.646. The molecule has 5 heteroatoms. The van der Waals surface area contributed by atoms with Crippen LogP contribution in [0.4, 0.5) is 0 Å². The quantitative estimate of drug-likeness (QED) is 0.530. The van der Waals surface area contributed by atoms with E-state index in [2.05, 4.69) is 57.6 Å². The average molecular weight is 386 g/mol. The zero-order chi connectivity index (χ0) is 19.8. The van der Waals surface area contributed by atoms with Gasteiger partial charge in [0.2, 0.25) is 0 Å². The van der Waals surface area contributed by atoms with Crippen LogP contribution in [0, 0.1) is 19.8 Å². The van der Waals surface area contributed by atoms with Crippen LogP contribution in [0.2, 0.25) is 0 Å². The van der Waals surface area contributed by atoms with E-state index in [1.165, 1.54) is 22.9 Å². The first-order valence-electron chi connectivity index (χ1n) is 10.3. The number of aromatic amines is 1. The van der Waals surface area contributed by atoms with Gasteiger partial charge < -0.3 is 9.51 Å². The summed E-state index contributed by atoms with van der Waals surface area (Å²) in [6.07, 6.45) is 4.40. The maximum absolute atomic E-state index is 5.32. The third-order valence-corrected chi connectivity index (χ3v) is 6.03. The van der Waals surface area contributed by atoms with E-state index in [9.17, 15) is 0 Å². The predicted molar refractivity (Wildman–Crippen MR) is 115 cm³/mol. The van der Waals surface area contributed by atoms with Crippen molar-refractivity contribution in [3.8, 4) is 11.3 Å². The SMILES string of the molecule is Cc1noc(C)c1-c1cccc(CC2CCN(Cc3c[nH]c4ccccc34)C2)n1. The molecular weight excluding hydrogens is 360 g/mol. The second-order valence-electron chi connectivity index (χ2n) is 8.17. The first kappa shape index (κ1) is 18.1. The van der Waals surface area contributed by atoms with Gasteiger partial charge in [0, 0.05) is 35.9 Å². The highest BCUT2D eigenvalue weighted by atomic mass is 16.5. The normalized spacial score (nSPS) is 17.4. The maximum atomic E-state index is 5.32. The van der Waals surface area contributed by atoms with Crippen LogP contribution in [-0.4, -0.2) is 33.1 Å². The molecule has 4 aromatic rings. The van der Waals surface area contributed by atoms with Crippen molar-refractivity contribution in [1.82, 2.24) is 20.0 Å². The van der Waals surface area contributed by atoms with Crippen molar-refractivity contribution in [2.75, 3.05) is 13.1 Å². The molecule has 3 aromatic heterocycles. The minimum absolute atomic E-state index is 0.646. The molecule has 1 fully saturated rings. The predicted octanol–water partition coefficient (Wildman–Crippen LogP) is 4.90. The number of para-hydroxylation sites is 1. The number of pyridine rings is 1. The number of aryl methyl sites for hydroxylation is 2. The Bertz CT molecular complexity index is 1120. The molecular formula is C24H26N4O. The number of fused-ring (bicyclic) bond motifs is 1. The minimum Gasteiger partial charge on any atom is -0.361 e. The van der Waals surface area contributed by atoms with Crippen LogP contribution in [0.3, 0.4) is 0 Å². The fourth-order valence-electron chi connectivity index (χ4n) is 4.60. The van der Waals surface area contributed by atoms with Crippen LogP contribution in [0.25, 0.3) is 22.2 Å². The first-order valence-corrected chi connectivity index (χ1v) is 10.3. The molecule has 0 radical (unpaired) electrons. The molecule has 0 amide bonds. The fraction of sp³-hybridized carbons (Fsp3) is 0.333. The third kappa shape index (κ3) is 3.58. The third-order valence-electron chi connectivity index (χ3n) is 6.03. The van der Waals surface area contributed by atoms with Crippen LogP contribution >= 0.6 is 0 Å². The number of hydrogen-bond acceptors (Lipinski definition) is 4. The molecule has 29 heavy (non-hydrogen) atoms. The van der Waals surface area contributed by atoms with Crippen molar-refractivity contribution in [2.24, 2.45) is 5.92 Å². The van der Waals surface area contributed by atoms with Crippen molar-refractivity contribution in [3.05, 3.63) is 71.4 Å². The molecule has 0 saturated carbocycles. The summed E-state index contributed by atoms with van der Waals surface area (Å²) in [5, 5.41) is 5.41. The van der Waals surface area contributed by atoms with E-state index in [0.29, 0.717) is 5.92 Å². The molecule has 1 unspecified atom stereocenters. The summed E-state index contributed by atoms with van der Waals surface area (Å²) < 4.78 is 5.32. The molecule has 148 valence electrons. The largest absolute Gasteiger partial charge is 0.361 e. The highest BCUT2D eigenvalue weighted by Crippen LogP contribution is 2.28. The van der Waals surface area contributed by atoms with E-state index >= 15 is 0 Å². The van der Waals surface area contributed by atoms with Crippen LogP contribution in [0.5, 0.6) is 0 Å². The van der Waals surface area contributed by atoms with Crippen molar-refractivity contribution in [1.29, 1.82) is 0 Å². The van der Waals surface area contributed by atoms with E-state index in [1.807, 2.05) is 19.9 Å². The van der Waals surface area contributed by atoms with Gasteiger partial charge in [0.05, 0.1) is 17.0 Å². The molecule has 1 atom stereocenters. The highest BCUT2D eigenvalue weighted by molar-refractivity contribution is 5.82. The lowest BCUT2D eigenvalue weighted by atomic mass is 10.0. The Hall–Kier alpha value is -2.92. The zero-order valence-corrected chi connectivity index (χ0v) is 17.0. The van der Waals surface area contributed by atoms with Crippen molar-refractivity contribution in [3.63, 3.8) is 0 Å². The number of aromatic nitrogens is 3. The van der Waals surface area contributed by atoms with Gasteiger partial charge in [-0.1, -0.05) is 29.4 Å². The van der Waals surface area contributed by atoms with Gasteiger partial charge in [0.1, 0.15) is 5.76 Å². The molecule has 0 spiro atoms. The lowest BCUT2D eigenvalue weighted by molar-refractivity contribution is 0.317. The lowest BCUT2D eigenvalue weighted by Crippen LogP contribution is -2.20. The number of likely N-dealkylation sites (tertiary alicyclic amines) is 1. The Balaban J connectivity index is 1.26. The molecule has 1 aliphatic heterocycles. The second-order valence-corrected chi connectivity index (χ2v) is 8.17. The van der Waals surface area contributed by atoms with E-state index in [1.54, 1.807) is 0 Å². The molecule has 1 N–H and O–H groups in total. The number of hydrogen-bond donors (Lipinski definition) is 1. The number of benzene rings is 1. The Morgan fingerprint density at radius 2 is 2.03 bits per heavy atom. The summed E-state index contributed by atoms with van der Waals surface area (Å²) >= 11 is 0. The van der Waals surface area contributed by atoms with Gasteiger partial charge >= 0.3 is 0 Å². The van der Waals surface area contributed by atoms with Crippen LogP contribution in [0.15, 0.2) is 53.2 Å². The smallest absolute Gasteiger partial charge is 0.143 e. The Morgan fingerprint density at radius 1 is 1.14 bits per heavy atom. The molecule has 0 aliphatic carbocycles. The number of rotatable bonds is 5. The molecule has 5 rings (SSSR count). The molecule has 4 heterocycles. The molecule has 1 aromatic carbocycles. The van der Waals surface area contributed by atoms with Gasteiger partial charge in [-0.05, 0) is 62.9 Å². The molecule has 1 saturated heterocycles. The monoisotopic (exact) mass is 386 g/mol. The average Bonchev–Trinajstić information content (AvgIpc) is 3.43. The van der Waals surface area contributed by atoms with Crippen LogP contribution in [0.1, 0.15) is 29.1 Å². The number of nitrogens with zero attached hydrogens (tertiary/aromatic N) is 3. The highest BCUT2D eigenvalue weighted by Gasteiger charge is 2.24. The van der Waals surface area contributed by atoms with E-state index in [-0.39, 0.29) is 0 Å². The van der Waals surface area contributed by atoms with E-state index in [0.717, 1.165) is 54.5 Å². The first-order chi connectivity index (χ1) is 14.2. The van der Waals surface area contributed by atoms with E-state index in [4.69, 9.17) is 9.51 Å². The van der Waals surface area contributed by atoms with Crippen molar-refractivity contribution in [2.45, 2.75) is 33.2 Å². The standard InChI is InChI=1S/C24H26N4O/c1-16-24(17(2)29-27-16)23-9-5-6-20(26-23)12-18-10-11-28(14-18)15-19-13-25-22-8-4-3-7-21(19)22/h3-9,13,18,25H,10-12,14-15H2,1-2H3. The van der Waals surface area contributed by atoms with Gasteiger partial charge in [-0.3, -0.25) is 9.88 Å². The Labute approximate surface area is 170 Å². The summed E-state index contributed by atoms with van der Waals surface area (Å²) in [7, 11) is 0. The fourth-order valence-corrected chi connectivity index (χ4v) is 4.60. The van der Waals surface area contributed by atoms with Gasteiger partial charge in [0.25, 0.3) is 0 Å². The van der Waals surface area contributed by atoms with Crippen molar-refractivity contribution < 1.29 is 4.52 Å². The van der Waals surface area contributed by atoms with E-state index < -0.39 is 0 Å². The van der Waals surface area contributed by atoms with Crippen LogP contribution < -0.4 is 0 Å². The van der Waals surface area contributed by atoms with Gasteiger partial charge in [-0.15, -0.1) is 0 Å². The summed E-state index contributed by atoms with van der Waals surface area (Å²) in [4.78, 5) is 10.9. The summed E-state index contributed by atoms with van der Waals surface area (Å²) in [6, 6.07) is 14.8. The van der Waals surface area contributed by atoms with Gasteiger partial charge in [0.15, 0.2) is 0 Å². The number of nitrogens with one attached hydrogen (secondary N) is 1. The summed E-state index contributed by atoms with van der Waals surface area (Å²) in [5.41, 5.74) is 6.66. The number of H-pyrrole nitrogens is 1. The van der Waals surface area contributed by atoms with Gasteiger partial charge in [-0.2, -0.15) is 0 Å². The molecule has 5 nitrogen and oxygen atoms in total. The molecule has 1 aliphatic rings. The summed E-state index contributed by atoms with van der Waals surface area (Å²) in [6.45, 7) is 7.19.